The second kappa shape index (κ2) is 10.7. The minimum atomic E-state index is 0.791. The van der Waals surface area contributed by atoms with Gasteiger partial charge >= 0.3 is 0 Å². The fourth-order valence-electron chi connectivity index (χ4n) is 2.58. The molecule has 2 aromatic carbocycles. The minimum absolute atomic E-state index is 0.791. The van der Waals surface area contributed by atoms with E-state index in [2.05, 4.69) is 41.0 Å². The lowest BCUT2D eigenvalue weighted by molar-refractivity contribution is 0.390. The van der Waals surface area contributed by atoms with E-state index >= 15 is 0 Å². The van der Waals surface area contributed by atoms with Gasteiger partial charge in [0.15, 0.2) is 0 Å². The van der Waals surface area contributed by atoms with Crippen molar-refractivity contribution in [2.45, 2.75) is 19.4 Å². The Balaban J connectivity index is 1.57. The van der Waals surface area contributed by atoms with Crippen molar-refractivity contribution in [3.63, 3.8) is 0 Å². The summed E-state index contributed by atoms with van der Waals surface area (Å²) in [6.07, 6.45) is 2.29. The molecule has 2 rings (SSSR count). The first kappa shape index (κ1) is 18.3. The maximum absolute atomic E-state index is 5.40. The van der Waals surface area contributed by atoms with E-state index in [1.807, 2.05) is 18.2 Å². The van der Waals surface area contributed by atoms with Gasteiger partial charge in [-0.25, -0.2) is 0 Å². The van der Waals surface area contributed by atoms with Crippen molar-refractivity contribution in [3.05, 3.63) is 59.7 Å². The van der Waals surface area contributed by atoms with Gasteiger partial charge in [0.1, 0.15) is 11.5 Å². The van der Waals surface area contributed by atoms with Crippen LogP contribution in [0.3, 0.4) is 0 Å². The van der Waals surface area contributed by atoms with Crippen molar-refractivity contribution in [1.29, 1.82) is 0 Å². The van der Waals surface area contributed by atoms with Gasteiger partial charge in [0.25, 0.3) is 0 Å². The molecule has 0 atom stereocenters. The Labute approximate surface area is 145 Å². The molecule has 0 aliphatic heterocycles. The molecule has 0 heterocycles. The van der Waals surface area contributed by atoms with Gasteiger partial charge in [-0.2, -0.15) is 0 Å². The Hall–Kier alpha value is -2.04. The standard InChI is InChI=1S/C20H28N2O2/c1-23-19-11-10-18(20(15-19)24-2)16-22-14-13-21-12-6-9-17-7-4-3-5-8-17/h3-5,7-8,10-11,15,21-22H,6,9,12-14,16H2,1-2H3. The second-order valence-electron chi connectivity index (χ2n) is 5.69. The van der Waals surface area contributed by atoms with Crippen LogP contribution in [-0.4, -0.2) is 33.9 Å². The van der Waals surface area contributed by atoms with E-state index in [1.54, 1.807) is 14.2 Å². The molecule has 130 valence electrons. The number of rotatable bonds is 11. The molecule has 0 aromatic heterocycles. The second-order valence-corrected chi connectivity index (χ2v) is 5.69. The van der Waals surface area contributed by atoms with Gasteiger partial charge in [0.05, 0.1) is 14.2 Å². The maximum atomic E-state index is 5.40. The van der Waals surface area contributed by atoms with E-state index in [-0.39, 0.29) is 0 Å². The van der Waals surface area contributed by atoms with Crippen LogP contribution in [0.25, 0.3) is 0 Å². The Morgan fingerprint density at radius 3 is 2.38 bits per heavy atom. The summed E-state index contributed by atoms with van der Waals surface area (Å²) in [7, 11) is 3.35. The summed E-state index contributed by atoms with van der Waals surface area (Å²) < 4.78 is 10.6. The van der Waals surface area contributed by atoms with E-state index in [0.29, 0.717) is 0 Å². The summed E-state index contributed by atoms with van der Waals surface area (Å²) in [4.78, 5) is 0. The van der Waals surface area contributed by atoms with Crippen LogP contribution in [-0.2, 0) is 13.0 Å². The fourth-order valence-corrected chi connectivity index (χ4v) is 2.58. The highest BCUT2D eigenvalue weighted by Crippen LogP contribution is 2.24. The first-order valence-corrected chi connectivity index (χ1v) is 8.49. The van der Waals surface area contributed by atoms with Crippen molar-refractivity contribution in [2.75, 3.05) is 33.9 Å². The normalized spacial score (nSPS) is 10.6. The molecular weight excluding hydrogens is 300 g/mol. The highest BCUT2D eigenvalue weighted by atomic mass is 16.5. The monoisotopic (exact) mass is 328 g/mol. The zero-order valence-corrected chi connectivity index (χ0v) is 14.7. The van der Waals surface area contributed by atoms with Crippen LogP contribution in [0.1, 0.15) is 17.5 Å². The van der Waals surface area contributed by atoms with E-state index in [0.717, 1.165) is 56.1 Å². The van der Waals surface area contributed by atoms with Crippen LogP contribution in [0.4, 0.5) is 0 Å². The van der Waals surface area contributed by atoms with Gasteiger partial charge in [-0.15, -0.1) is 0 Å². The molecule has 0 saturated heterocycles. The molecule has 0 unspecified atom stereocenters. The molecular formula is C20H28N2O2. The third kappa shape index (κ3) is 6.22. The highest BCUT2D eigenvalue weighted by molar-refractivity contribution is 5.40. The SMILES string of the molecule is COc1ccc(CNCCNCCCc2ccccc2)c(OC)c1. The third-order valence-corrected chi connectivity index (χ3v) is 3.95. The summed E-state index contributed by atoms with van der Waals surface area (Å²) >= 11 is 0. The number of hydrogen-bond acceptors (Lipinski definition) is 4. The Morgan fingerprint density at radius 1 is 0.833 bits per heavy atom. The van der Waals surface area contributed by atoms with Gasteiger partial charge in [-0.3, -0.25) is 0 Å². The van der Waals surface area contributed by atoms with Crippen molar-refractivity contribution < 1.29 is 9.47 Å². The van der Waals surface area contributed by atoms with Crippen LogP contribution in [0.5, 0.6) is 11.5 Å². The summed E-state index contributed by atoms with van der Waals surface area (Å²) in [6, 6.07) is 16.5. The van der Waals surface area contributed by atoms with Gasteiger partial charge in [0, 0.05) is 31.3 Å². The molecule has 0 aliphatic carbocycles. The smallest absolute Gasteiger partial charge is 0.127 e. The lowest BCUT2D eigenvalue weighted by atomic mass is 10.1. The number of methoxy groups -OCH3 is 2. The van der Waals surface area contributed by atoms with Gasteiger partial charge in [0.2, 0.25) is 0 Å². The number of hydrogen-bond donors (Lipinski definition) is 2. The molecule has 24 heavy (non-hydrogen) atoms. The van der Waals surface area contributed by atoms with Crippen molar-refractivity contribution in [1.82, 2.24) is 10.6 Å². The molecule has 4 heteroatoms. The summed E-state index contributed by atoms with van der Waals surface area (Å²) in [5.41, 5.74) is 2.55. The van der Waals surface area contributed by atoms with Gasteiger partial charge in [-0.05, 0) is 31.0 Å². The molecule has 2 N–H and O–H groups in total. The Morgan fingerprint density at radius 2 is 1.62 bits per heavy atom. The van der Waals surface area contributed by atoms with Crippen LogP contribution in [0.2, 0.25) is 0 Å². The Kier molecular flexibility index (Phi) is 8.15. The van der Waals surface area contributed by atoms with E-state index in [1.165, 1.54) is 5.56 Å². The summed E-state index contributed by atoms with van der Waals surface area (Å²) in [6.45, 7) is 3.73. The van der Waals surface area contributed by atoms with Crippen molar-refractivity contribution in [3.8, 4) is 11.5 Å². The molecule has 0 spiro atoms. The first-order valence-electron chi connectivity index (χ1n) is 8.49. The lowest BCUT2D eigenvalue weighted by Crippen LogP contribution is -2.28. The number of benzene rings is 2. The van der Waals surface area contributed by atoms with E-state index in [9.17, 15) is 0 Å². The Bertz CT molecular complexity index is 587. The number of nitrogens with one attached hydrogen (secondary N) is 2. The molecule has 4 nitrogen and oxygen atoms in total. The summed E-state index contributed by atoms with van der Waals surface area (Å²) in [5, 5.41) is 6.91. The molecule has 0 amide bonds. The zero-order chi connectivity index (χ0) is 17.0. The first-order chi connectivity index (χ1) is 11.8. The molecule has 0 saturated carbocycles. The number of aryl methyl sites for hydroxylation is 1. The van der Waals surface area contributed by atoms with Crippen LogP contribution in [0, 0.1) is 0 Å². The molecule has 2 aromatic rings. The molecule has 0 bridgehead atoms. The van der Waals surface area contributed by atoms with Gasteiger partial charge in [-0.1, -0.05) is 36.4 Å². The lowest BCUT2D eigenvalue weighted by Gasteiger charge is -2.11. The molecule has 0 radical (unpaired) electrons. The molecule has 0 fully saturated rings. The largest absolute Gasteiger partial charge is 0.497 e. The average molecular weight is 328 g/mol. The zero-order valence-electron chi connectivity index (χ0n) is 14.7. The van der Waals surface area contributed by atoms with E-state index < -0.39 is 0 Å². The van der Waals surface area contributed by atoms with Crippen molar-refractivity contribution >= 4 is 0 Å². The average Bonchev–Trinajstić information content (AvgIpc) is 2.64. The topological polar surface area (TPSA) is 42.5 Å². The van der Waals surface area contributed by atoms with Crippen LogP contribution < -0.4 is 20.1 Å². The van der Waals surface area contributed by atoms with Gasteiger partial charge < -0.3 is 20.1 Å². The minimum Gasteiger partial charge on any atom is -0.497 e. The third-order valence-electron chi connectivity index (χ3n) is 3.95. The van der Waals surface area contributed by atoms with Crippen LogP contribution >= 0.6 is 0 Å². The quantitative estimate of drug-likeness (QED) is 0.622. The number of ether oxygens (including phenoxy) is 2. The molecule has 0 aliphatic rings. The van der Waals surface area contributed by atoms with Crippen LogP contribution in [0.15, 0.2) is 48.5 Å². The predicted octanol–water partition coefficient (Wildman–Crippen LogP) is 3.02. The predicted molar refractivity (Wildman–Crippen MR) is 98.9 cm³/mol. The maximum Gasteiger partial charge on any atom is 0.127 e. The van der Waals surface area contributed by atoms with E-state index in [4.69, 9.17) is 9.47 Å². The summed E-state index contributed by atoms with van der Waals surface area (Å²) in [5.74, 6) is 1.67. The highest BCUT2D eigenvalue weighted by Gasteiger charge is 2.04. The fraction of sp³-hybridized carbons (Fsp3) is 0.400. The van der Waals surface area contributed by atoms with Crippen molar-refractivity contribution in [2.24, 2.45) is 0 Å².